The summed E-state index contributed by atoms with van der Waals surface area (Å²) in [7, 11) is -24.3. The number of halogens is 12. The molecule has 0 saturated heterocycles. The number of hydrogen-bond donors (Lipinski definition) is 2. The third kappa shape index (κ3) is 11.5. The zero-order valence-electron chi connectivity index (χ0n) is 18.3. The normalized spacial score (nSPS) is 16.2. The van der Waals surface area contributed by atoms with Gasteiger partial charge in [0.15, 0.2) is 0 Å². The van der Waals surface area contributed by atoms with E-state index in [9.17, 15) is 86.4 Å². The fourth-order valence-electron chi connectivity index (χ4n) is 1.24. The van der Waals surface area contributed by atoms with Crippen LogP contribution < -0.4 is 8.25 Å². The fraction of sp³-hybridized carbons (Fsp3) is 0.636. The van der Waals surface area contributed by atoms with Crippen LogP contribution in [0.1, 0.15) is 6.92 Å². The number of alkyl halides is 12. The Morgan fingerprint density at radius 2 is 0.897 bits per heavy atom. The van der Waals surface area contributed by atoms with Crippen LogP contribution in [0.2, 0.25) is 0 Å². The minimum Gasteiger partial charge on any atom is -0.368 e. The van der Waals surface area contributed by atoms with Gasteiger partial charge in [-0.2, -0.15) is 52.7 Å². The molecule has 0 radical (unpaired) electrons. The third-order valence-electron chi connectivity index (χ3n) is 3.19. The summed E-state index contributed by atoms with van der Waals surface area (Å²) in [5, 5.41) is 0. The van der Waals surface area contributed by atoms with Crippen LogP contribution >= 0.6 is 11.8 Å². The summed E-state index contributed by atoms with van der Waals surface area (Å²) < 4.78 is 217. The van der Waals surface area contributed by atoms with Crippen LogP contribution in [0, 0.1) is 0 Å². The highest BCUT2D eigenvalue weighted by Crippen LogP contribution is 2.31. The Labute approximate surface area is 216 Å². The van der Waals surface area contributed by atoms with Gasteiger partial charge in [0.25, 0.3) is 0 Å². The largest absolute Gasteiger partial charge is 0.512 e. The van der Waals surface area contributed by atoms with Gasteiger partial charge in [-0.3, -0.25) is 0 Å². The topological polar surface area (TPSA) is 164 Å². The van der Waals surface area contributed by atoms with Crippen molar-refractivity contribution in [1.82, 2.24) is 13.2 Å². The molecule has 39 heavy (non-hydrogen) atoms. The van der Waals surface area contributed by atoms with Gasteiger partial charge in [0.1, 0.15) is 0 Å². The van der Waals surface area contributed by atoms with Crippen molar-refractivity contribution in [2.45, 2.75) is 29.0 Å². The predicted molar refractivity (Wildman–Crippen MR) is 109 cm³/mol. The van der Waals surface area contributed by atoms with Crippen LogP contribution in [-0.4, -0.2) is 73.5 Å². The Balaban J connectivity index is 0. The Hall–Kier alpha value is -1.49. The summed E-state index contributed by atoms with van der Waals surface area (Å²) >= 11 is 1.85. The van der Waals surface area contributed by atoms with Crippen molar-refractivity contribution in [3.63, 3.8) is 0 Å². The lowest BCUT2D eigenvalue weighted by Crippen LogP contribution is -2.45. The monoisotopic (exact) mass is 703 g/mol. The molecule has 0 unspecified atom stereocenters. The minimum absolute atomic E-state index is 0.493. The molecule has 0 bridgehead atoms. The summed E-state index contributed by atoms with van der Waals surface area (Å²) in [6, 6.07) is 0. The molecular formula is C11H13F12N3O8S5. The van der Waals surface area contributed by atoms with Crippen molar-refractivity contribution < 1.29 is 86.4 Å². The summed E-state index contributed by atoms with van der Waals surface area (Å²) in [6.45, 7) is 5.84. The lowest BCUT2D eigenvalue weighted by Gasteiger charge is -2.11. The van der Waals surface area contributed by atoms with E-state index >= 15 is 0 Å². The van der Waals surface area contributed by atoms with Crippen LogP contribution in [0.25, 0.3) is 0 Å². The maximum Gasteiger partial charge on any atom is 0.512 e. The molecule has 0 aromatic rings. The molecule has 234 valence electrons. The lowest BCUT2D eigenvalue weighted by molar-refractivity contribution is -0.0487. The maximum atomic E-state index is 11.5. The zero-order chi connectivity index (χ0) is 32.3. The van der Waals surface area contributed by atoms with Crippen LogP contribution in [-0.2, 0) is 40.1 Å². The number of nitrogens with one attached hydrogen (secondary N) is 2. The highest BCUT2D eigenvalue weighted by molar-refractivity contribution is 8.06. The quantitative estimate of drug-likeness (QED) is 0.407. The number of thioether (sulfide) groups is 1. The van der Waals surface area contributed by atoms with E-state index in [2.05, 4.69) is 25.5 Å². The number of rotatable bonds is 5. The molecule has 0 fully saturated rings. The van der Waals surface area contributed by atoms with Gasteiger partial charge in [-0.1, -0.05) is 20.9 Å². The average Bonchev–Trinajstić information content (AvgIpc) is 2.95. The van der Waals surface area contributed by atoms with Crippen LogP contribution in [0.5, 0.6) is 0 Å². The van der Waals surface area contributed by atoms with Gasteiger partial charge in [-0.25, -0.2) is 33.7 Å². The van der Waals surface area contributed by atoms with E-state index in [1.54, 1.807) is 0 Å². The molecule has 0 spiro atoms. The zero-order valence-corrected chi connectivity index (χ0v) is 22.4. The van der Waals surface area contributed by atoms with Crippen molar-refractivity contribution in [3.05, 3.63) is 23.3 Å². The van der Waals surface area contributed by atoms with Gasteiger partial charge >= 0.3 is 62.1 Å². The van der Waals surface area contributed by atoms with Crippen molar-refractivity contribution >= 4 is 51.9 Å². The highest BCUT2D eigenvalue weighted by Gasteiger charge is 2.56. The minimum atomic E-state index is -6.60. The van der Waals surface area contributed by atoms with Gasteiger partial charge < -0.3 is 4.90 Å². The molecule has 28 heteroatoms. The third-order valence-corrected chi connectivity index (χ3v) is 10.4. The summed E-state index contributed by atoms with van der Waals surface area (Å²) in [5.41, 5.74) is -23.2. The van der Waals surface area contributed by atoms with E-state index in [1.807, 2.05) is 17.8 Å². The molecule has 0 aromatic heterocycles. The second-order valence-electron chi connectivity index (χ2n) is 6.09. The van der Waals surface area contributed by atoms with E-state index in [0.29, 0.717) is 0 Å². The molecule has 2 N–H and O–H groups in total. The molecule has 0 amide bonds. The van der Waals surface area contributed by atoms with Crippen LogP contribution in [0.4, 0.5) is 52.7 Å². The smallest absolute Gasteiger partial charge is 0.368 e. The molecule has 11 nitrogen and oxygen atoms in total. The van der Waals surface area contributed by atoms with Gasteiger partial charge in [-0.15, -0.1) is 11.8 Å². The highest BCUT2D eigenvalue weighted by atomic mass is 32.3. The number of nitrogens with zero attached hydrogens (tertiary/aromatic N) is 1. The van der Waals surface area contributed by atoms with Crippen LogP contribution in [0.3, 0.4) is 0 Å². The first-order valence-corrected chi connectivity index (χ1v) is 15.1. The van der Waals surface area contributed by atoms with E-state index in [-0.39, 0.29) is 0 Å². The molecule has 0 aliphatic carbocycles. The Kier molecular flexibility index (Phi) is 12.8. The summed E-state index contributed by atoms with van der Waals surface area (Å²) in [5.74, 6) is 1.08. The Bertz CT molecular complexity index is 1170. The SMILES string of the molecule is C=CC1=C(C)N(C)CS1.O=S(=O)(NS(=O)(=O)C(F)(F)F)C(F)(F)F.O=S(=O)(NS(=O)(=O)C(F)(F)F)C(F)(F)F. The average molecular weight is 704 g/mol. The van der Waals surface area contributed by atoms with Gasteiger partial charge in [0.2, 0.25) is 0 Å². The second kappa shape index (κ2) is 12.6. The summed E-state index contributed by atoms with van der Waals surface area (Å²) in [4.78, 5) is 3.54. The molecular weight excluding hydrogens is 690 g/mol. The van der Waals surface area contributed by atoms with E-state index in [4.69, 9.17) is 0 Å². The second-order valence-corrected chi connectivity index (χ2v) is 14.3. The number of allylic oxidation sites excluding steroid dienone is 2. The van der Waals surface area contributed by atoms with Gasteiger partial charge in [-0.05, 0) is 6.92 Å². The van der Waals surface area contributed by atoms with Crippen molar-refractivity contribution in [1.29, 1.82) is 0 Å². The van der Waals surface area contributed by atoms with Crippen molar-refractivity contribution in [3.8, 4) is 0 Å². The first-order chi connectivity index (χ1) is 16.7. The Morgan fingerprint density at radius 1 is 0.667 bits per heavy atom. The van der Waals surface area contributed by atoms with Crippen LogP contribution in [0.15, 0.2) is 23.3 Å². The molecule has 0 saturated carbocycles. The van der Waals surface area contributed by atoms with E-state index in [0.717, 1.165) is 5.88 Å². The molecule has 1 heterocycles. The molecule has 0 atom stereocenters. The van der Waals surface area contributed by atoms with Crippen molar-refractivity contribution in [2.75, 3.05) is 12.9 Å². The number of hydrogen-bond acceptors (Lipinski definition) is 10. The maximum absolute atomic E-state index is 11.5. The van der Waals surface area contributed by atoms with E-state index < -0.39 is 70.4 Å². The lowest BCUT2D eigenvalue weighted by atomic mass is 10.4. The Morgan fingerprint density at radius 3 is 1.00 bits per heavy atom. The van der Waals surface area contributed by atoms with Gasteiger partial charge in [0.05, 0.1) is 5.88 Å². The first-order valence-electron chi connectivity index (χ1n) is 8.16. The molecule has 0 aromatic carbocycles. The van der Waals surface area contributed by atoms with Gasteiger partial charge in [0, 0.05) is 17.6 Å². The first kappa shape index (κ1) is 39.7. The number of sulfonamides is 4. The van der Waals surface area contributed by atoms with Crippen molar-refractivity contribution in [2.24, 2.45) is 0 Å². The molecule has 1 aliphatic heterocycles. The van der Waals surface area contributed by atoms with E-state index in [1.165, 1.54) is 10.6 Å². The fourth-order valence-corrected chi connectivity index (χ4v) is 6.07. The summed E-state index contributed by atoms with van der Waals surface area (Å²) in [6.07, 6.45) is 1.92. The molecule has 1 rings (SSSR count). The predicted octanol–water partition coefficient (Wildman–Crippen LogP) is 2.59. The standard InChI is InChI=1S/C7H11NS.2C2HF6NO4S2/c1-4-7-6(2)8(3)5-9-7;2*3-1(4,5)14(10,11)9-15(12,13)2(6,7)8/h4H,1,5H2,2-3H3;2*9H. The molecule has 1 aliphatic rings.